The molecule has 0 spiro atoms. The minimum absolute atomic E-state index is 0. The fourth-order valence-corrected chi connectivity index (χ4v) is 0.834. The first-order valence-electron chi connectivity index (χ1n) is 3.52. The van der Waals surface area contributed by atoms with E-state index in [0.717, 1.165) is 12.1 Å². The Morgan fingerprint density at radius 1 is 1.29 bits per heavy atom. The van der Waals surface area contributed by atoms with Gasteiger partial charge >= 0.3 is 35.5 Å². The topological polar surface area (TPSA) is 77.8 Å². The molecule has 0 aliphatic heterocycles. The molecule has 5 heteroatoms. The Hall–Kier alpha value is -0.970. The summed E-state index contributed by atoms with van der Waals surface area (Å²) in [7, 11) is 0. The number of benzene rings is 1. The number of carbonyl (C=O) groups is 1. The predicted octanol–water partition coefficient (Wildman–Crippen LogP) is 0.547. The van der Waals surface area contributed by atoms with E-state index in [1.54, 1.807) is 0 Å². The Morgan fingerprint density at radius 2 is 1.93 bits per heavy atom. The van der Waals surface area contributed by atoms with Crippen molar-refractivity contribution in [1.29, 1.82) is 0 Å². The van der Waals surface area contributed by atoms with Crippen molar-refractivity contribution in [2.75, 3.05) is 0 Å². The van der Waals surface area contributed by atoms with E-state index in [1.807, 2.05) is 0 Å². The zero-order valence-electron chi connectivity index (χ0n) is 6.64. The van der Waals surface area contributed by atoms with Gasteiger partial charge in [-0.05, 0) is 18.2 Å². The van der Waals surface area contributed by atoms with Gasteiger partial charge in [0.25, 0.3) is 0 Å². The molecule has 0 fully saturated rings. The summed E-state index contributed by atoms with van der Waals surface area (Å²) in [5.41, 5.74) is 0.347. The van der Waals surface area contributed by atoms with Crippen LogP contribution in [0.25, 0.3) is 6.08 Å². The van der Waals surface area contributed by atoms with Crippen LogP contribution >= 0.6 is 0 Å². The molecule has 1 rings (SSSR count). The second-order valence-corrected chi connectivity index (χ2v) is 2.41. The summed E-state index contributed by atoms with van der Waals surface area (Å²) < 4.78 is 0. The SMILES string of the molecule is O=C(O)C=Cc1ccc(O)cc1O.[NaH]. The van der Waals surface area contributed by atoms with E-state index >= 15 is 0 Å². The molecule has 14 heavy (non-hydrogen) atoms. The normalized spacial score (nSPS) is 9.71. The molecule has 0 atom stereocenters. The van der Waals surface area contributed by atoms with Crippen LogP contribution in [0.1, 0.15) is 5.56 Å². The number of aromatic hydroxyl groups is 2. The van der Waals surface area contributed by atoms with Crippen LogP contribution in [-0.2, 0) is 4.79 Å². The van der Waals surface area contributed by atoms with E-state index < -0.39 is 5.97 Å². The van der Waals surface area contributed by atoms with Crippen LogP contribution in [-0.4, -0.2) is 50.8 Å². The summed E-state index contributed by atoms with van der Waals surface area (Å²) in [6, 6.07) is 3.92. The van der Waals surface area contributed by atoms with Crippen molar-refractivity contribution in [1.82, 2.24) is 0 Å². The molecule has 3 N–H and O–H groups in total. The number of rotatable bonds is 2. The fraction of sp³-hybridized carbons (Fsp3) is 0. The molecule has 70 valence electrons. The number of carboxylic acids is 1. The fourth-order valence-electron chi connectivity index (χ4n) is 0.834. The van der Waals surface area contributed by atoms with E-state index in [4.69, 9.17) is 10.2 Å². The van der Waals surface area contributed by atoms with Gasteiger partial charge in [0.2, 0.25) is 0 Å². The third-order valence-corrected chi connectivity index (χ3v) is 1.42. The van der Waals surface area contributed by atoms with E-state index in [-0.39, 0.29) is 41.1 Å². The van der Waals surface area contributed by atoms with Crippen LogP contribution in [0.4, 0.5) is 0 Å². The maximum atomic E-state index is 10.1. The Labute approximate surface area is 103 Å². The summed E-state index contributed by atoms with van der Waals surface area (Å²) in [6.45, 7) is 0. The third kappa shape index (κ3) is 3.83. The molecule has 0 bridgehead atoms. The van der Waals surface area contributed by atoms with Crippen molar-refractivity contribution in [3.05, 3.63) is 29.8 Å². The third-order valence-electron chi connectivity index (χ3n) is 1.42. The average Bonchev–Trinajstić information content (AvgIpc) is 2.02. The van der Waals surface area contributed by atoms with Crippen LogP contribution in [0.5, 0.6) is 11.5 Å². The summed E-state index contributed by atoms with van der Waals surface area (Å²) in [4.78, 5) is 10.1. The Balaban J connectivity index is 0.00000169. The molecule has 1 aromatic rings. The van der Waals surface area contributed by atoms with E-state index in [9.17, 15) is 9.90 Å². The van der Waals surface area contributed by atoms with Crippen molar-refractivity contribution < 1.29 is 20.1 Å². The van der Waals surface area contributed by atoms with Gasteiger partial charge in [0.05, 0.1) is 0 Å². The quantitative estimate of drug-likeness (QED) is 0.485. The molecule has 0 aromatic heterocycles. The first kappa shape index (κ1) is 13.0. The molecule has 0 aliphatic rings. The van der Waals surface area contributed by atoms with Crippen LogP contribution in [0.2, 0.25) is 0 Å². The second-order valence-electron chi connectivity index (χ2n) is 2.41. The average molecular weight is 204 g/mol. The van der Waals surface area contributed by atoms with Gasteiger partial charge in [0, 0.05) is 17.7 Å². The molecule has 0 aliphatic carbocycles. The van der Waals surface area contributed by atoms with Gasteiger partial charge in [-0.1, -0.05) is 0 Å². The van der Waals surface area contributed by atoms with Crippen LogP contribution in [0.3, 0.4) is 0 Å². The van der Waals surface area contributed by atoms with Crippen LogP contribution in [0, 0.1) is 0 Å². The maximum absolute atomic E-state index is 10.1. The number of phenolic OH excluding ortho intramolecular Hbond substituents is 2. The molecule has 4 nitrogen and oxygen atoms in total. The zero-order chi connectivity index (χ0) is 9.84. The number of carboxylic acid groups (broad SMARTS) is 1. The minimum atomic E-state index is -1.09. The van der Waals surface area contributed by atoms with Gasteiger partial charge in [0.1, 0.15) is 11.5 Å². The first-order chi connectivity index (χ1) is 6.09. The van der Waals surface area contributed by atoms with E-state index in [1.165, 1.54) is 18.2 Å². The molecule has 0 radical (unpaired) electrons. The summed E-state index contributed by atoms with van der Waals surface area (Å²) >= 11 is 0. The van der Waals surface area contributed by atoms with Gasteiger partial charge in [0.15, 0.2) is 0 Å². The summed E-state index contributed by atoms with van der Waals surface area (Å²) in [6.07, 6.45) is 2.16. The Morgan fingerprint density at radius 3 is 2.43 bits per heavy atom. The Bertz CT molecular complexity index is 360. The number of phenols is 2. The van der Waals surface area contributed by atoms with Crippen molar-refractivity contribution in [2.45, 2.75) is 0 Å². The van der Waals surface area contributed by atoms with Gasteiger partial charge in [-0.3, -0.25) is 0 Å². The van der Waals surface area contributed by atoms with Gasteiger partial charge in [-0.25, -0.2) is 4.79 Å². The molecule has 0 saturated carbocycles. The van der Waals surface area contributed by atoms with Crippen LogP contribution < -0.4 is 0 Å². The van der Waals surface area contributed by atoms with Crippen molar-refractivity contribution >= 4 is 41.6 Å². The molecule has 0 saturated heterocycles. The molecule has 0 amide bonds. The summed E-state index contributed by atoms with van der Waals surface area (Å²) in [5.74, 6) is -1.31. The van der Waals surface area contributed by atoms with Gasteiger partial charge < -0.3 is 15.3 Å². The molecule has 0 heterocycles. The first-order valence-corrected chi connectivity index (χ1v) is 3.52. The second kappa shape index (κ2) is 5.70. The molecule has 1 aromatic carbocycles. The standard InChI is InChI=1S/C9H8O4.Na.H/c10-7-3-1-6(8(11)5-7)2-4-9(12)13;;/h1-5,10-11H,(H,12,13);;. The predicted molar refractivity (Wildman–Crippen MR) is 53.6 cm³/mol. The van der Waals surface area contributed by atoms with Crippen molar-refractivity contribution in [2.24, 2.45) is 0 Å². The number of hydrogen-bond acceptors (Lipinski definition) is 3. The Kier molecular flexibility index (Phi) is 5.30. The van der Waals surface area contributed by atoms with Crippen molar-refractivity contribution in [3.8, 4) is 11.5 Å². The molecular weight excluding hydrogens is 195 g/mol. The van der Waals surface area contributed by atoms with Crippen LogP contribution in [0.15, 0.2) is 24.3 Å². The van der Waals surface area contributed by atoms with Gasteiger partial charge in [-0.2, -0.15) is 0 Å². The van der Waals surface area contributed by atoms with E-state index in [2.05, 4.69) is 0 Å². The van der Waals surface area contributed by atoms with Gasteiger partial charge in [-0.15, -0.1) is 0 Å². The molecule has 0 unspecified atom stereocenters. The number of aliphatic carboxylic acids is 1. The zero-order valence-corrected chi connectivity index (χ0v) is 6.64. The summed E-state index contributed by atoms with van der Waals surface area (Å²) in [5, 5.41) is 26.4. The van der Waals surface area contributed by atoms with Crippen molar-refractivity contribution in [3.63, 3.8) is 0 Å². The molecular formula is C9H9NaO4. The number of hydrogen-bond donors (Lipinski definition) is 3. The monoisotopic (exact) mass is 204 g/mol. The van der Waals surface area contributed by atoms with E-state index in [0.29, 0.717) is 5.56 Å².